The first-order valence-corrected chi connectivity index (χ1v) is 9.50. The zero-order valence-corrected chi connectivity index (χ0v) is 15.8. The number of nitrogens with zero attached hydrogens (tertiary/aromatic N) is 2. The van der Waals surface area contributed by atoms with E-state index >= 15 is 0 Å². The molecule has 1 aliphatic heterocycles. The summed E-state index contributed by atoms with van der Waals surface area (Å²) in [6, 6.07) is 2.04. The molecule has 0 fully saturated rings. The van der Waals surface area contributed by atoms with Crippen LogP contribution in [0.5, 0.6) is 0 Å². The molecule has 0 saturated carbocycles. The first-order chi connectivity index (χ1) is 12.3. The molecule has 0 spiro atoms. The van der Waals surface area contributed by atoms with Crippen molar-refractivity contribution in [2.24, 2.45) is 4.99 Å². The molecule has 1 aromatic heterocycles. The lowest BCUT2D eigenvalue weighted by Gasteiger charge is -2.15. The van der Waals surface area contributed by atoms with E-state index in [1.807, 2.05) is 6.07 Å². The van der Waals surface area contributed by atoms with Gasteiger partial charge < -0.3 is 19.9 Å². The van der Waals surface area contributed by atoms with Crippen LogP contribution in [-0.2, 0) is 11.3 Å². The Labute approximate surface area is 151 Å². The fourth-order valence-corrected chi connectivity index (χ4v) is 2.94. The van der Waals surface area contributed by atoms with Crippen molar-refractivity contribution in [3.63, 3.8) is 0 Å². The van der Waals surface area contributed by atoms with Crippen LogP contribution in [-0.4, -0.2) is 37.4 Å². The monoisotopic (exact) mass is 348 g/mol. The molecular formula is C19H32N4O2. The van der Waals surface area contributed by atoms with Crippen LogP contribution >= 0.6 is 0 Å². The summed E-state index contributed by atoms with van der Waals surface area (Å²) in [6.45, 7) is 10.2. The Hall–Kier alpha value is -1.82. The van der Waals surface area contributed by atoms with Crippen molar-refractivity contribution in [3.05, 3.63) is 29.2 Å². The number of hydrogen-bond acceptors (Lipinski definition) is 4. The highest BCUT2D eigenvalue weighted by molar-refractivity contribution is 5.79. The second-order valence-electron chi connectivity index (χ2n) is 6.29. The van der Waals surface area contributed by atoms with E-state index in [1.165, 1.54) is 5.57 Å². The van der Waals surface area contributed by atoms with E-state index in [-0.39, 0.29) is 0 Å². The lowest BCUT2D eigenvalue weighted by atomic mass is 9.99. The minimum absolute atomic E-state index is 0.473. The maximum absolute atomic E-state index is 5.44. The van der Waals surface area contributed by atoms with Gasteiger partial charge in [0.2, 0.25) is 0 Å². The molecule has 2 heterocycles. The van der Waals surface area contributed by atoms with Gasteiger partial charge in [-0.2, -0.15) is 0 Å². The van der Waals surface area contributed by atoms with E-state index in [9.17, 15) is 0 Å². The third-order valence-electron chi connectivity index (χ3n) is 4.51. The average molecular weight is 348 g/mol. The second-order valence-corrected chi connectivity index (χ2v) is 6.29. The number of guanidine groups is 1. The zero-order chi connectivity index (χ0) is 17.9. The molecule has 0 atom stereocenters. The first kappa shape index (κ1) is 19.5. The highest BCUT2D eigenvalue weighted by Crippen LogP contribution is 2.22. The van der Waals surface area contributed by atoms with E-state index in [0.29, 0.717) is 12.5 Å². The Morgan fingerprint density at radius 3 is 2.80 bits per heavy atom. The van der Waals surface area contributed by atoms with Crippen LogP contribution in [0, 0.1) is 0 Å². The lowest BCUT2D eigenvalue weighted by molar-refractivity contribution is 0.153. The molecule has 0 aliphatic carbocycles. The summed E-state index contributed by atoms with van der Waals surface area (Å²) >= 11 is 0. The van der Waals surface area contributed by atoms with Crippen molar-refractivity contribution in [2.75, 3.05) is 26.3 Å². The largest absolute Gasteiger partial charge is 0.377 e. The number of aromatic nitrogens is 1. The minimum atomic E-state index is 0.473. The quantitative estimate of drug-likeness (QED) is 0.407. The van der Waals surface area contributed by atoms with E-state index < -0.39 is 0 Å². The molecule has 6 heteroatoms. The van der Waals surface area contributed by atoms with Gasteiger partial charge in [-0.15, -0.1) is 0 Å². The molecule has 140 valence electrons. The molecule has 2 rings (SSSR count). The van der Waals surface area contributed by atoms with Gasteiger partial charge in [0.25, 0.3) is 0 Å². The standard InChI is InChI=1S/C19H32N4O2/c1-4-16(5-2)18-13-17(25-23-18)14-22-19(20-6-3)21-10-7-15-8-11-24-12-9-15/h8,13,16H,4-7,9-12,14H2,1-3H3,(H2,20,21,22). The Balaban J connectivity index is 1.85. The summed E-state index contributed by atoms with van der Waals surface area (Å²) in [5, 5.41) is 10.9. The Kier molecular flexibility index (Phi) is 8.52. The van der Waals surface area contributed by atoms with E-state index in [1.54, 1.807) is 0 Å². The zero-order valence-electron chi connectivity index (χ0n) is 15.8. The third kappa shape index (κ3) is 6.53. The van der Waals surface area contributed by atoms with Crippen LogP contribution in [0.2, 0.25) is 0 Å². The topological polar surface area (TPSA) is 71.7 Å². The molecule has 0 unspecified atom stereocenters. The average Bonchev–Trinajstić information content (AvgIpc) is 3.10. The number of ether oxygens (including phenoxy) is 1. The van der Waals surface area contributed by atoms with Gasteiger partial charge in [-0.05, 0) is 32.6 Å². The van der Waals surface area contributed by atoms with Gasteiger partial charge in [-0.25, -0.2) is 4.99 Å². The highest BCUT2D eigenvalue weighted by Gasteiger charge is 2.12. The summed E-state index contributed by atoms with van der Waals surface area (Å²) in [7, 11) is 0. The summed E-state index contributed by atoms with van der Waals surface area (Å²) in [5.74, 6) is 2.10. The van der Waals surface area contributed by atoms with Crippen molar-refractivity contribution in [3.8, 4) is 0 Å². The van der Waals surface area contributed by atoms with Crippen molar-refractivity contribution in [1.29, 1.82) is 0 Å². The molecule has 2 N–H and O–H groups in total. The molecule has 0 aromatic carbocycles. The Morgan fingerprint density at radius 2 is 2.12 bits per heavy atom. The van der Waals surface area contributed by atoms with Gasteiger partial charge >= 0.3 is 0 Å². The minimum Gasteiger partial charge on any atom is -0.377 e. The molecule has 0 radical (unpaired) electrons. The van der Waals surface area contributed by atoms with Crippen molar-refractivity contribution < 1.29 is 9.26 Å². The summed E-state index contributed by atoms with van der Waals surface area (Å²) in [4.78, 5) is 4.61. The molecule has 1 aromatic rings. The van der Waals surface area contributed by atoms with Crippen LogP contribution in [0.1, 0.15) is 63.8 Å². The third-order valence-corrected chi connectivity index (χ3v) is 4.51. The van der Waals surface area contributed by atoms with Gasteiger partial charge in [0.15, 0.2) is 11.7 Å². The predicted molar refractivity (Wildman–Crippen MR) is 101 cm³/mol. The molecule has 0 bridgehead atoms. The highest BCUT2D eigenvalue weighted by atomic mass is 16.5. The van der Waals surface area contributed by atoms with Gasteiger partial charge in [-0.1, -0.05) is 30.7 Å². The van der Waals surface area contributed by atoms with Crippen molar-refractivity contribution in [1.82, 2.24) is 15.8 Å². The molecule has 0 saturated heterocycles. The number of nitrogens with one attached hydrogen (secondary N) is 2. The first-order valence-electron chi connectivity index (χ1n) is 9.50. The van der Waals surface area contributed by atoms with Crippen molar-refractivity contribution in [2.45, 2.75) is 58.9 Å². The molecule has 1 aliphatic rings. The Bertz CT molecular complexity index is 562. The Morgan fingerprint density at radius 1 is 1.28 bits per heavy atom. The number of hydrogen-bond donors (Lipinski definition) is 2. The summed E-state index contributed by atoms with van der Waals surface area (Å²) < 4.78 is 10.8. The summed E-state index contributed by atoms with van der Waals surface area (Å²) in [5.41, 5.74) is 2.50. The number of rotatable bonds is 9. The van der Waals surface area contributed by atoms with Gasteiger partial charge in [0, 0.05) is 25.1 Å². The van der Waals surface area contributed by atoms with Gasteiger partial charge in [-0.3, -0.25) is 0 Å². The smallest absolute Gasteiger partial charge is 0.191 e. The normalized spacial score (nSPS) is 15.4. The maximum Gasteiger partial charge on any atom is 0.191 e. The van der Waals surface area contributed by atoms with Crippen LogP contribution in [0.25, 0.3) is 0 Å². The van der Waals surface area contributed by atoms with Crippen LogP contribution < -0.4 is 10.6 Å². The lowest BCUT2D eigenvalue weighted by Crippen LogP contribution is -2.37. The summed E-state index contributed by atoms with van der Waals surface area (Å²) in [6.07, 6.45) is 6.40. The molecular weight excluding hydrogens is 316 g/mol. The molecule has 25 heavy (non-hydrogen) atoms. The molecule has 0 amide bonds. The van der Waals surface area contributed by atoms with Crippen LogP contribution in [0.4, 0.5) is 0 Å². The van der Waals surface area contributed by atoms with Crippen molar-refractivity contribution >= 4 is 5.96 Å². The fourth-order valence-electron chi connectivity index (χ4n) is 2.94. The van der Waals surface area contributed by atoms with Gasteiger partial charge in [0.1, 0.15) is 6.54 Å². The maximum atomic E-state index is 5.44. The van der Waals surface area contributed by atoms with Crippen LogP contribution in [0.3, 0.4) is 0 Å². The van der Waals surface area contributed by atoms with E-state index in [0.717, 1.165) is 69.4 Å². The fraction of sp³-hybridized carbons (Fsp3) is 0.684. The molecule has 6 nitrogen and oxygen atoms in total. The van der Waals surface area contributed by atoms with Gasteiger partial charge in [0.05, 0.1) is 18.9 Å². The predicted octanol–water partition coefficient (Wildman–Crippen LogP) is 3.37. The number of aliphatic imine (C=N–C) groups is 1. The second kappa shape index (κ2) is 10.9. The van der Waals surface area contributed by atoms with Crippen LogP contribution in [0.15, 0.2) is 27.2 Å². The van der Waals surface area contributed by atoms with E-state index in [4.69, 9.17) is 9.26 Å². The SMILES string of the molecule is CCNC(=NCc1cc(C(CC)CC)no1)NCCC1=CCOCC1. The van der Waals surface area contributed by atoms with E-state index in [2.05, 4.69) is 47.6 Å².